The minimum absolute atomic E-state index is 0.253. The quantitative estimate of drug-likeness (QED) is 0.479. The van der Waals surface area contributed by atoms with Gasteiger partial charge in [0.1, 0.15) is 6.23 Å². The Balaban J connectivity index is 2.47. The summed E-state index contributed by atoms with van der Waals surface area (Å²) in [4.78, 5) is 0. The lowest BCUT2D eigenvalue weighted by Gasteiger charge is -2.30. The third-order valence-corrected chi connectivity index (χ3v) is 3.86. The van der Waals surface area contributed by atoms with Gasteiger partial charge in [-0.1, -0.05) is 32.1 Å². The van der Waals surface area contributed by atoms with Gasteiger partial charge in [0.15, 0.2) is 0 Å². The summed E-state index contributed by atoms with van der Waals surface area (Å²) in [5.74, 6) is 0. The molecule has 0 aromatic heterocycles. The molecule has 0 fully saturated rings. The summed E-state index contributed by atoms with van der Waals surface area (Å²) < 4.78 is 3.33. The van der Waals surface area contributed by atoms with Crippen molar-refractivity contribution in [1.29, 1.82) is 0 Å². The molecule has 3 nitrogen and oxygen atoms in total. The molecule has 1 aliphatic carbocycles. The van der Waals surface area contributed by atoms with Crippen molar-refractivity contribution in [3.05, 3.63) is 23.8 Å². The normalized spacial score (nSPS) is 23.3. The molecule has 0 radical (unpaired) electrons. The van der Waals surface area contributed by atoms with Gasteiger partial charge in [-0.15, -0.1) is 5.25 Å². The van der Waals surface area contributed by atoms with Crippen LogP contribution < -0.4 is 10.5 Å². The molecule has 4 N–H and O–H groups in total. The Hall–Kier alpha value is -0.510. The van der Waals surface area contributed by atoms with Crippen LogP contribution in [0, 0.1) is 5.69 Å². The van der Waals surface area contributed by atoms with E-state index in [1.165, 1.54) is 0 Å². The van der Waals surface area contributed by atoms with Crippen molar-refractivity contribution in [3.8, 4) is 5.69 Å². The summed E-state index contributed by atoms with van der Waals surface area (Å²) in [5, 5.41) is 9.58. The smallest absolute Gasteiger partial charge is 0.128 e. The average molecular weight is 227 g/mol. The van der Waals surface area contributed by atoms with Crippen LogP contribution in [0.3, 0.4) is 0 Å². The molecule has 0 aromatic carbocycles. The van der Waals surface area contributed by atoms with E-state index < -0.39 is 6.23 Å². The topological polar surface area (TPSA) is 58.3 Å². The second-order valence-electron chi connectivity index (χ2n) is 3.89. The third-order valence-electron chi connectivity index (χ3n) is 2.27. The first kappa shape index (κ1) is 12.6. The van der Waals surface area contributed by atoms with Crippen molar-refractivity contribution in [2.75, 3.05) is 0 Å². The van der Waals surface area contributed by atoms with Gasteiger partial charge in [-0.25, -0.2) is 0 Å². The van der Waals surface area contributed by atoms with Crippen LogP contribution in [-0.4, -0.2) is 22.6 Å². The van der Waals surface area contributed by atoms with Gasteiger partial charge < -0.3 is 31.7 Å². The number of aliphatic hydroxyl groups excluding tert-OH is 1. The van der Waals surface area contributed by atoms with Crippen molar-refractivity contribution in [1.82, 2.24) is 4.72 Å². The second-order valence-corrected chi connectivity index (χ2v) is 5.81. The Bertz CT molecular complexity index is 336. The molecule has 0 aromatic rings. The fourth-order valence-corrected chi connectivity index (χ4v) is 2.05. The number of hydrogen-bond acceptors (Lipinski definition) is 4. The molecule has 0 saturated carbocycles. The zero-order valence-electron chi connectivity index (χ0n) is 9.18. The highest BCUT2D eigenvalue weighted by atomic mass is 32.2. The lowest BCUT2D eigenvalue weighted by molar-refractivity contribution is 0.222. The molecule has 0 amide bonds. The monoisotopic (exact) mass is 227 g/mol. The summed E-state index contributed by atoms with van der Waals surface area (Å²) in [6.07, 6.45) is 5.75. The van der Waals surface area contributed by atoms with E-state index >= 15 is 0 Å². The summed E-state index contributed by atoms with van der Waals surface area (Å²) in [6.45, 7) is 4.18. The maximum Gasteiger partial charge on any atom is 0.128 e. The zero-order chi connectivity index (χ0) is 11.4. The molecule has 1 aliphatic rings. The van der Waals surface area contributed by atoms with Crippen LogP contribution in [0.1, 0.15) is 20.3 Å². The molecule has 2 atom stereocenters. The number of nitrogens with one attached hydrogen (secondary N) is 1. The summed E-state index contributed by atoms with van der Waals surface area (Å²) >= 11 is 0. The van der Waals surface area contributed by atoms with Gasteiger partial charge in [0, 0.05) is 6.04 Å². The summed E-state index contributed by atoms with van der Waals surface area (Å²) in [5.41, 5.74) is 12.1. The first-order chi connectivity index (χ1) is 7.00. The maximum absolute atomic E-state index is 9.15. The molecule has 86 valence electrons. The summed E-state index contributed by atoms with van der Waals surface area (Å²) in [6, 6.07) is 0.253. The zero-order valence-corrected chi connectivity index (χ0v) is 10.00. The number of aliphatic hydroxyl groups is 1. The molecule has 0 saturated heterocycles. The number of hydrogen-bond donors (Lipinski definition) is 3. The third kappa shape index (κ3) is 3.86. The Morgan fingerprint density at radius 2 is 2.33 bits per heavy atom. The van der Waals surface area contributed by atoms with Crippen LogP contribution in [0.25, 0.3) is 0 Å². The molecule has 0 heterocycles. The van der Waals surface area contributed by atoms with E-state index in [1.54, 1.807) is 0 Å². The van der Waals surface area contributed by atoms with E-state index in [0.29, 0.717) is 5.25 Å². The Morgan fingerprint density at radius 1 is 1.67 bits per heavy atom. The van der Waals surface area contributed by atoms with Crippen molar-refractivity contribution in [2.24, 2.45) is 5.73 Å². The van der Waals surface area contributed by atoms with Crippen molar-refractivity contribution in [3.63, 3.8) is 0 Å². The van der Waals surface area contributed by atoms with Gasteiger partial charge in [-0.2, -0.15) is 0 Å². The molecule has 2 unspecified atom stereocenters. The molecule has 0 aliphatic heterocycles. The fraction of sp³-hybridized carbons (Fsp3) is 0.545. The van der Waals surface area contributed by atoms with Gasteiger partial charge in [0.25, 0.3) is 0 Å². The van der Waals surface area contributed by atoms with E-state index in [0.717, 1.165) is 12.0 Å². The van der Waals surface area contributed by atoms with Crippen LogP contribution in [0.4, 0.5) is 0 Å². The Kier molecular flexibility index (Phi) is 4.64. The van der Waals surface area contributed by atoms with Crippen LogP contribution in [0.2, 0.25) is 0 Å². The van der Waals surface area contributed by atoms with E-state index in [9.17, 15) is 0 Å². The largest absolute Gasteiger partial charge is 0.405 e. The SMILES string of the molecule is C#[S-](NC1C=CC(C(N)O)=CC1)C(C)C. The predicted octanol–water partition coefficient (Wildman–Crippen LogP) is 0.639. The predicted molar refractivity (Wildman–Crippen MR) is 66.4 cm³/mol. The number of nitrogens with two attached hydrogens (primary N) is 1. The highest BCUT2D eigenvalue weighted by Gasteiger charge is 2.08. The van der Waals surface area contributed by atoms with Gasteiger partial charge in [0.05, 0.1) is 0 Å². The standard InChI is InChI=1S/C11H19N2OS/c1-8(2)15(3)13-10-6-4-9(5-7-10)11(12)14/h3-6,8,10-11,13-14H,7,12H2,1-2H3/q-1. The van der Waals surface area contributed by atoms with E-state index in [2.05, 4.69) is 18.6 Å². The Morgan fingerprint density at radius 3 is 2.73 bits per heavy atom. The minimum Gasteiger partial charge on any atom is -0.405 e. The fourth-order valence-electron chi connectivity index (χ4n) is 1.25. The van der Waals surface area contributed by atoms with Crippen LogP contribution >= 0.6 is 0 Å². The highest BCUT2D eigenvalue weighted by molar-refractivity contribution is 7.84. The molecule has 1 rings (SSSR count). The van der Waals surface area contributed by atoms with Crippen LogP contribution in [0.15, 0.2) is 23.8 Å². The molecule has 15 heavy (non-hydrogen) atoms. The van der Waals surface area contributed by atoms with Gasteiger partial charge in [0.2, 0.25) is 0 Å². The van der Waals surface area contributed by atoms with Crippen molar-refractivity contribution >= 4 is 10.5 Å². The van der Waals surface area contributed by atoms with Gasteiger partial charge in [-0.3, -0.25) is 0 Å². The molecule has 0 spiro atoms. The molecule has 4 heteroatoms. The minimum atomic E-state index is -0.872. The lowest BCUT2D eigenvalue weighted by atomic mass is 10.0. The maximum atomic E-state index is 9.15. The lowest BCUT2D eigenvalue weighted by Crippen LogP contribution is -2.33. The van der Waals surface area contributed by atoms with E-state index in [-0.39, 0.29) is 16.5 Å². The van der Waals surface area contributed by atoms with Crippen molar-refractivity contribution < 1.29 is 5.11 Å². The summed E-state index contributed by atoms with van der Waals surface area (Å²) in [7, 11) is -0.265. The van der Waals surface area contributed by atoms with E-state index in [4.69, 9.17) is 16.5 Å². The highest BCUT2D eigenvalue weighted by Crippen LogP contribution is 2.12. The van der Waals surface area contributed by atoms with Crippen molar-refractivity contribution in [2.45, 2.75) is 37.8 Å². The first-order valence-corrected chi connectivity index (χ1v) is 6.41. The molecular formula is C11H19N2OS-. The first-order valence-electron chi connectivity index (χ1n) is 5.06. The average Bonchev–Trinajstić information content (AvgIpc) is 2.18. The second kappa shape index (κ2) is 5.54. The molecule has 0 bridgehead atoms. The van der Waals surface area contributed by atoms with Crippen LogP contribution in [0.5, 0.6) is 0 Å². The molecular weight excluding hydrogens is 208 g/mol. The van der Waals surface area contributed by atoms with Gasteiger partial charge >= 0.3 is 0 Å². The number of rotatable bonds is 2. The van der Waals surface area contributed by atoms with E-state index in [1.807, 2.05) is 18.2 Å². The van der Waals surface area contributed by atoms with Crippen LogP contribution in [-0.2, 0) is 10.5 Å². The van der Waals surface area contributed by atoms with Gasteiger partial charge in [-0.05, 0) is 12.0 Å². The Labute approximate surface area is 93.8 Å².